The molecule has 2 aromatic carbocycles. The number of hydrogen-bond acceptors (Lipinski definition) is 1. The van der Waals surface area contributed by atoms with E-state index in [0.717, 1.165) is 24.0 Å². The zero-order chi connectivity index (χ0) is 21.9. The summed E-state index contributed by atoms with van der Waals surface area (Å²) in [7, 11) is 1.78. The first kappa shape index (κ1) is 23.6. The Hall–Kier alpha value is -2.02. The van der Waals surface area contributed by atoms with Gasteiger partial charge in [-0.3, -0.25) is 0 Å². The van der Waals surface area contributed by atoms with Crippen LogP contribution < -0.4 is 4.74 Å². The van der Waals surface area contributed by atoms with Crippen LogP contribution in [0.2, 0.25) is 0 Å². The summed E-state index contributed by atoms with van der Waals surface area (Å²) in [5.74, 6) is 2.96. The maximum Gasteiger partial charge on any atom is 0.122 e. The molecule has 1 heteroatoms. The summed E-state index contributed by atoms with van der Waals surface area (Å²) in [5.41, 5.74) is 5.55. The van der Waals surface area contributed by atoms with Gasteiger partial charge in [-0.15, -0.1) is 0 Å². The van der Waals surface area contributed by atoms with E-state index in [2.05, 4.69) is 56.0 Å². The molecule has 0 heterocycles. The molecule has 1 aliphatic carbocycles. The van der Waals surface area contributed by atoms with Crippen molar-refractivity contribution in [3.8, 4) is 5.75 Å². The van der Waals surface area contributed by atoms with Crippen LogP contribution in [0.1, 0.15) is 87.0 Å². The van der Waals surface area contributed by atoms with Crippen molar-refractivity contribution < 1.29 is 4.74 Å². The molecule has 1 aliphatic rings. The molecule has 0 radical (unpaired) electrons. The molecule has 31 heavy (non-hydrogen) atoms. The van der Waals surface area contributed by atoms with Gasteiger partial charge in [0.05, 0.1) is 7.11 Å². The Kier molecular flexibility index (Phi) is 9.72. The van der Waals surface area contributed by atoms with E-state index >= 15 is 0 Å². The summed E-state index contributed by atoms with van der Waals surface area (Å²) in [6, 6.07) is 15.7. The summed E-state index contributed by atoms with van der Waals surface area (Å²) >= 11 is 0. The van der Waals surface area contributed by atoms with E-state index in [9.17, 15) is 0 Å². The Morgan fingerprint density at radius 3 is 2.16 bits per heavy atom. The quantitative estimate of drug-likeness (QED) is 0.314. The molecule has 0 saturated heterocycles. The fraction of sp³-hybridized carbons (Fsp3) is 0.533. The maximum absolute atomic E-state index is 5.51. The predicted molar refractivity (Wildman–Crippen MR) is 135 cm³/mol. The first-order valence-corrected chi connectivity index (χ1v) is 12.6. The van der Waals surface area contributed by atoms with E-state index in [1.165, 1.54) is 92.9 Å². The van der Waals surface area contributed by atoms with Gasteiger partial charge in [-0.05, 0) is 72.3 Å². The van der Waals surface area contributed by atoms with Gasteiger partial charge in [0, 0.05) is 0 Å². The van der Waals surface area contributed by atoms with Crippen molar-refractivity contribution in [3.05, 3.63) is 71.3 Å². The minimum Gasteiger partial charge on any atom is -0.496 e. The minimum atomic E-state index is 0.937. The van der Waals surface area contributed by atoms with Crippen molar-refractivity contribution in [3.63, 3.8) is 0 Å². The normalized spacial score (nSPS) is 18.6. The van der Waals surface area contributed by atoms with Gasteiger partial charge in [-0.2, -0.15) is 0 Å². The van der Waals surface area contributed by atoms with Gasteiger partial charge in [0.15, 0.2) is 0 Å². The molecule has 0 unspecified atom stereocenters. The highest BCUT2D eigenvalue weighted by atomic mass is 16.5. The standard InChI is InChI=1S/C30H42O/c1-4-8-29-23-28(21-22-30(29)31-3)10-7-6-9-25-15-17-27(18-16-25)20-19-26-13-11-24(5-2)12-14-26/h5,11-14,21-23,25,27H,2,4,6-10,15-20H2,1,3H3/t25-,27-. The zero-order valence-electron chi connectivity index (χ0n) is 19.9. The Balaban J connectivity index is 1.31. The lowest BCUT2D eigenvalue weighted by molar-refractivity contribution is 0.249. The van der Waals surface area contributed by atoms with Crippen LogP contribution in [0, 0.1) is 11.8 Å². The molecule has 1 saturated carbocycles. The van der Waals surface area contributed by atoms with Crippen molar-refractivity contribution >= 4 is 6.08 Å². The molecule has 0 atom stereocenters. The lowest BCUT2D eigenvalue weighted by atomic mass is 9.77. The van der Waals surface area contributed by atoms with Gasteiger partial charge in [0.2, 0.25) is 0 Å². The fourth-order valence-electron chi connectivity index (χ4n) is 5.21. The monoisotopic (exact) mass is 418 g/mol. The molecule has 1 fully saturated rings. The highest BCUT2D eigenvalue weighted by molar-refractivity contribution is 5.47. The van der Waals surface area contributed by atoms with Crippen LogP contribution in [-0.2, 0) is 19.3 Å². The van der Waals surface area contributed by atoms with Gasteiger partial charge < -0.3 is 4.74 Å². The van der Waals surface area contributed by atoms with Crippen LogP contribution in [0.3, 0.4) is 0 Å². The third-order valence-electron chi connectivity index (χ3n) is 7.21. The van der Waals surface area contributed by atoms with Crippen LogP contribution in [0.5, 0.6) is 5.75 Å². The third-order valence-corrected chi connectivity index (χ3v) is 7.21. The van der Waals surface area contributed by atoms with E-state index in [1.807, 2.05) is 6.08 Å². The fourth-order valence-corrected chi connectivity index (χ4v) is 5.21. The molecule has 0 bridgehead atoms. The van der Waals surface area contributed by atoms with Gasteiger partial charge in [-0.25, -0.2) is 0 Å². The number of aryl methyl sites for hydroxylation is 3. The average Bonchev–Trinajstić information content (AvgIpc) is 2.82. The molecule has 0 N–H and O–H groups in total. The van der Waals surface area contributed by atoms with Gasteiger partial charge in [-0.1, -0.05) is 101 Å². The lowest BCUT2D eigenvalue weighted by Crippen LogP contribution is -2.15. The number of ether oxygens (including phenoxy) is 1. The second kappa shape index (κ2) is 12.7. The summed E-state index contributed by atoms with van der Waals surface area (Å²) in [5, 5.41) is 0. The van der Waals surface area contributed by atoms with Crippen LogP contribution in [0.25, 0.3) is 6.08 Å². The zero-order valence-corrected chi connectivity index (χ0v) is 19.9. The first-order chi connectivity index (χ1) is 15.2. The van der Waals surface area contributed by atoms with Gasteiger partial charge >= 0.3 is 0 Å². The number of unbranched alkanes of at least 4 members (excludes halogenated alkanes) is 1. The van der Waals surface area contributed by atoms with Crippen LogP contribution in [0.4, 0.5) is 0 Å². The number of methoxy groups -OCH3 is 1. The van der Waals surface area contributed by atoms with E-state index in [-0.39, 0.29) is 0 Å². The maximum atomic E-state index is 5.51. The molecule has 1 nitrogen and oxygen atoms in total. The van der Waals surface area contributed by atoms with Gasteiger partial charge in [0.25, 0.3) is 0 Å². The molecule has 0 amide bonds. The van der Waals surface area contributed by atoms with Gasteiger partial charge in [0.1, 0.15) is 5.75 Å². The molecular formula is C30H42O. The van der Waals surface area contributed by atoms with Crippen molar-refractivity contribution in [1.29, 1.82) is 0 Å². The Labute approximate surface area is 190 Å². The van der Waals surface area contributed by atoms with E-state index < -0.39 is 0 Å². The van der Waals surface area contributed by atoms with Crippen LogP contribution >= 0.6 is 0 Å². The third kappa shape index (κ3) is 7.56. The van der Waals surface area contributed by atoms with Crippen LogP contribution in [0.15, 0.2) is 49.0 Å². The molecule has 3 rings (SSSR count). The Morgan fingerprint density at radius 2 is 1.52 bits per heavy atom. The van der Waals surface area contributed by atoms with Crippen molar-refractivity contribution in [2.75, 3.05) is 7.11 Å². The van der Waals surface area contributed by atoms with E-state index in [0.29, 0.717) is 0 Å². The highest BCUT2D eigenvalue weighted by Crippen LogP contribution is 2.34. The number of hydrogen-bond donors (Lipinski definition) is 0. The molecule has 168 valence electrons. The Bertz CT molecular complexity index is 781. The summed E-state index contributed by atoms with van der Waals surface area (Å²) in [4.78, 5) is 0. The smallest absolute Gasteiger partial charge is 0.122 e. The van der Waals surface area contributed by atoms with Crippen molar-refractivity contribution in [2.45, 2.75) is 84.0 Å². The Morgan fingerprint density at radius 1 is 0.839 bits per heavy atom. The molecule has 0 aromatic heterocycles. The van der Waals surface area contributed by atoms with E-state index in [1.54, 1.807) is 7.11 Å². The average molecular weight is 419 g/mol. The molecule has 0 aliphatic heterocycles. The molecule has 2 aromatic rings. The lowest BCUT2D eigenvalue weighted by Gasteiger charge is -2.28. The minimum absolute atomic E-state index is 0.937. The topological polar surface area (TPSA) is 9.23 Å². The van der Waals surface area contributed by atoms with Crippen LogP contribution in [-0.4, -0.2) is 7.11 Å². The van der Waals surface area contributed by atoms with Crippen molar-refractivity contribution in [1.82, 2.24) is 0 Å². The number of benzene rings is 2. The second-order valence-electron chi connectivity index (χ2n) is 9.51. The molecule has 0 spiro atoms. The predicted octanol–water partition coefficient (Wildman–Crippen LogP) is 8.44. The molecular weight excluding hydrogens is 376 g/mol. The second-order valence-corrected chi connectivity index (χ2v) is 9.51. The van der Waals surface area contributed by atoms with E-state index in [4.69, 9.17) is 4.74 Å². The number of rotatable bonds is 12. The highest BCUT2D eigenvalue weighted by Gasteiger charge is 2.20. The SMILES string of the molecule is C=Cc1ccc(CC[C@H]2CC[C@H](CCCCc3ccc(OC)c(CCC)c3)CC2)cc1. The summed E-state index contributed by atoms with van der Waals surface area (Å²) in [6.45, 7) is 6.08. The summed E-state index contributed by atoms with van der Waals surface area (Å²) < 4.78 is 5.51. The largest absolute Gasteiger partial charge is 0.496 e. The first-order valence-electron chi connectivity index (χ1n) is 12.6. The summed E-state index contributed by atoms with van der Waals surface area (Å²) in [6.07, 6.45) is 17.9. The van der Waals surface area contributed by atoms with Crippen molar-refractivity contribution in [2.24, 2.45) is 11.8 Å².